The van der Waals surface area contributed by atoms with Crippen molar-refractivity contribution >= 4 is 5.97 Å². The van der Waals surface area contributed by atoms with E-state index in [-0.39, 0.29) is 6.04 Å². The summed E-state index contributed by atoms with van der Waals surface area (Å²) in [6, 6.07) is -0.661. The third-order valence-electron chi connectivity index (χ3n) is 1.82. The van der Waals surface area contributed by atoms with Crippen LogP contribution in [0.25, 0.3) is 0 Å². The summed E-state index contributed by atoms with van der Waals surface area (Å²) in [5.41, 5.74) is 0. The predicted octanol–water partition coefficient (Wildman–Crippen LogP) is -0.818. The molecular formula is C6H11NO3. The SMILES string of the molecule is CC1NC(C(=O)O)C[C@@H]1O. The number of hydrogen-bond acceptors (Lipinski definition) is 3. The Kier molecular flexibility index (Phi) is 1.92. The predicted molar refractivity (Wildman–Crippen MR) is 34.6 cm³/mol. The second-order valence-corrected chi connectivity index (χ2v) is 2.65. The Hall–Kier alpha value is -0.610. The number of carbonyl (C=O) groups is 1. The van der Waals surface area contributed by atoms with Crippen LogP contribution in [0.2, 0.25) is 0 Å². The van der Waals surface area contributed by atoms with E-state index in [0.717, 1.165) is 0 Å². The lowest BCUT2D eigenvalue weighted by molar-refractivity contribution is -0.139. The molecule has 1 saturated heterocycles. The number of hydrogen-bond donors (Lipinski definition) is 3. The van der Waals surface area contributed by atoms with E-state index in [0.29, 0.717) is 6.42 Å². The van der Waals surface area contributed by atoms with Crippen LogP contribution < -0.4 is 5.32 Å². The number of aliphatic carboxylic acids is 1. The molecule has 0 aliphatic carbocycles. The average molecular weight is 145 g/mol. The van der Waals surface area contributed by atoms with E-state index >= 15 is 0 Å². The monoisotopic (exact) mass is 145 g/mol. The van der Waals surface area contributed by atoms with Gasteiger partial charge in [0.2, 0.25) is 0 Å². The summed E-state index contributed by atoms with van der Waals surface area (Å²) in [5.74, 6) is -0.886. The van der Waals surface area contributed by atoms with Crippen LogP contribution in [0.3, 0.4) is 0 Å². The van der Waals surface area contributed by atoms with Crippen LogP contribution in [0.4, 0.5) is 0 Å². The zero-order valence-corrected chi connectivity index (χ0v) is 5.74. The number of aliphatic hydroxyl groups excluding tert-OH is 1. The highest BCUT2D eigenvalue weighted by molar-refractivity contribution is 5.74. The van der Waals surface area contributed by atoms with E-state index in [9.17, 15) is 4.79 Å². The van der Waals surface area contributed by atoms with Gasteiger partial charge in [0.05, 0.1) is 6.10 Å². The van der Waals surface area contributed by atoms with Gasteiger partial charge in [-0.05, 0) is 6.92 Å². The first kappa shape index (κ1) is 7.50. The topological polar surface area (TPSA) is 69.6 Å². The molecule has 1 aliphatic rings. The molecule has 0 aromatic heterocycles. The third-order valence-corrected chi connectivity index (χ3v) is 1.82. The molecule has 0 bridgehead atoms. The number of rotatable bonds is 1. The van der Waals surface area contributed by atoms with Gasteiger partial charge < -0.3 is 10.2 Å². The van der Waals surface area contributed by atoms with E-state index in [1.165, 1.54) is 0 Å². The molecule has 4 heteroatoms. The smallest absolute Gasteiger partial charge is 0.320 e. The van der Waals surface area contributed by atoms with Crippen LogP contribution in [0, 0.1) is 0 Å². The standard InChI is InChI=1S/C6H11NO3/c1-3-5(8)2-4(7-3)6(9)10/h3-5,7-8H,2H2,1H3,(H,9,10)/t3?,4?,5-/m0/s1. The van der Waals surface area contributed by atoms with Crippen molar-refractivity contribution in [3.8, 4) is 0 Å². The molecule has 10 heavy (non-hydrogen) atoms. The molecule has 0 radical (unpaired) electrons. The van der Waals surface area contributed by atoms with Crippen LogP contribution in [-0.2, 0) is 4.79 Å². The minimum absolute atomic E-state index is 0.0962. The summed E-state index contributed by atoms with van der Waals surface area (Å²) in [6.07, 6.45) is -0.197. The first-order valence-electron chi connectivity index (χ1n) is 3.28. The Balaban J connectivity index is 2.49. The van der Waals surface area contributed by atoms with Crippen molar-refractivity contribution in [2.45, 2.75) is 31.5 Å². The van der Waals surface area contributed by atoms with Gasteiger partial charge in [-0.15, -0.1) is 0 Å². The maximum Gasteiger partial charge on any atom is 0.320 e. The molecule has 0 amide bonds. The van der Waals surface area contributed by atoms with Gasteiger partial charge >= 0.3 is 5.97 Å². The lowest BCUT2D eigenvalue weighted by Crippen LogP contribution is -2.34. The van der Waals surface area contributed by atoms with Gasteiger partial charge in [0.15, 0.2) is 0 Å². The number of carboxylic acids is 1. The molecular weight excluding hydrogens is 134 g/mol. The van der Waals surface area contributed by atoms with E-state index in [1.54, 1.807) is 6.92 Å². The second kappa shape index (κ2) is 2.56. The summed E-state index contributed by atoms with van der Waals surface area (Å²) in [5, 5.41) is 20.3. The van der Waals surface area contributed by atoms with Gasteiger partial charge in [0.25, 0.3) is 0 Å². The molecule has 4 nitrogen and oxygen atoms in total. The lowest BCUT2D eigenvalue weighted by Gasteiger charge is -2.05. The zero-order valence-electron chi connectivity index (χ0n) is 5.74. The van der Waals surface area contributed by atoms with Gasteiger partial charge in [-0.2, -0.15) is 0 Å². The van der Waals surface area contributed by atoms with Crippen molar-refractivity contribution in [1.82, 2.24) is 5.32 Å². The van der Waals surface area contributed by atoms with Crippen LogP contribution in [0.1, 0.15) is 13.3 Å². The van der Waals surface area contributed by atoms with Crippen molar-refractivity contribution in [2.24, 2.45) is 0 Å². The Morgan fingerprint density at radius 3 is 2.50 bits per heavy atom. The molecule has 58 valence electrons. The Labute approximate surface area is 58.9 Å². The first-order valence-corrected chi connectivity index (χ1v) is 3.28. The summed E-state index contributed by atoms with van der Waals surface area (Å²) in [6.45, 7) is 1.77. The van der Waals surface area contributed by atoms with Crippen molar-refractivity contribution in [3.05, 3.63) is 0 Å². The minimum atomic E-state index is -0.886. The van der Waals surface area contributed by atoms with Crippen molar-refractivity contribution in [2.75, 3.05) is 0 Å². The van der Waals surface area contributed by atoms with Crippen LogP contribution in [0.5, 0.6) is 0 Å². The fraction of sp³-hybridized carbons (Fsp3) is 0.833. The van der Waals surface area contributed by atoms with E-state index < -0.39 is 18.1 Å². The number of carboxylic acid groups (broad SMARTS) is 1. The quantitative estimate of drug-likeness (QED) is 0.451. The maximum absolute atomic E-state index is 10.3. The average Bonchev–Trinajstić information content (AvgIpc) is 2.13. The molecule has 0 saturated carbocycles. The van der Waals surface area contributed by atoms with Crippen LogP contribution >= 0.6 is 0 Å². The van der Waals surface area contributed by atoms with Crippen LogP contribution in [0.15, 0.2) is 0 Å². The van der Waals surface area contributed by atoms with Crippen molar-refractivity contribution < 1.29 is 15.0 Å². The highest BCUT2D eigenvalue weighted by Gasteiger charge is 2.33. The fourth-order valence-electron chi connectivity index (χ4n) is 1.11. The normalized spacial score (nSPS) is 40.0. The van der Waals surface area contributed by atoms with Gasteiger partial charge in [-0.25, -0.2) is 0 Å². The maximum atomic E-state index is 10.3. The van der Waals surface area contributed by atoms with Gasteiger partial charge in [0.1, 0.15) is 6.04 Å². The largest absolute Gasteiger partial charge is 0.480 e. The summed E-state index contributed by atoms with van der Waals surface area (Å²) in [4.78, 5) is 10.3. The molecule has 0 spiro atoms. The van der Waals surface area contributed by atoms with Crippen molar-refractivity contribution in [3.63, 3.8) is 0 Å². The van der Waals surface area contributed by atoms with Crippen LogP contribution in [-0.4, -0.2) is 34.4 Å². The van der Waals surface area contributed by atoms with E-state index in [4.69, 9.17) is 10.2 Å². The van der Waals surface area contributed by atoms with Gasteiger partial charge in [-0.3, -0.25) is 10.1 Å². The van der Waals surface area contributed by atoms with E-state index in [2.05, 4.69) is 5.32 Å². The minimum Gasteiger partial charge on any atom is -0.480 e. The molecule has 1 aliphatic heterocycles. The summed E-state index contributed by atoms with van der Waals surface area (Å²) >= 11 is 0. The van der Waals surface area contributed by atoms with Gasteiger partial charge in [-0.1, -0.05) is 0 Å². The van der Waals surface area contributed by atoms with Gasteiger partial charge in [0, 0.05) is 12.5 Å². The molecule has 3 N–H and O–H groups in total. The Morgan fingerprint density at radius 2 is 2.30 bits per heavy atom. The van der Waals surface area contributed by atoms with E-state index in [1.807, 2.05) is 0 Å². The molecule has 0 aromatic rings. The number of aliphatic hydroxyl groups is 1. The molecule has 2 unspecified atom stereocenters. The third kappa shape index (κ3) is 1.27. The first-order chi connectivity index (χ1) is 4.61. The molecule has 0 aromatic carbocycles. The molecule has 1 fully saturated rings. The summed E-state index contributed by atoms with van der Waals surface area (Å²) in [7, 11) is 0. The fourth-order valence-corrected chi connectivity index (χ4v) is 1.11. The highest BCUT2D eigenvalue weighted by Crippen LogP contribution is 2.12. The molecule has 1 rings (SSSR count). The summed E-state index contributed by atoms with van der Waals surface area (Å²) < 4.78 is 0. The van der Waals surface area contributed by atoms with Crippen molar-refractivity contribution in [1.29, 1.82) is 0 Å². The zero-order chi connectivity index (χ0) is 7.72. The highest BCUT2D eigenvalue weighted by atomic mass is 16.4. The molecule has 3 atom stereocenters. The number of nitrogens with one attached hydrogen (secondary N) is 1. The molecule has 1 heterocycles. The Morgan fingerprint density at radius 1 is 1.70 bits per heavy atom. The lowest BCUT2D eigenvalue weighted by atomic mass is 10.1. The second-order valence-electron chi connectivity index (χ2n) is 2.65. The Bertz CT molecular complexity index is 138.